The maximum atomic E-state index is 12.4. The fourth-order valence-electron chi connectivity index (χ4n) is 1.90. The summed E-state index contributed by atoms with van der Waals surface area (Å²) >= 11 is 0. The number of nitrogens with one attached hydrogen (secondary N) is 1. The molecule has 0 aromatic heterocycles. The zero-order chi connectivity index (χ0) is 14.5. The summed E-state index contributed by atoms with van der Waals surface area (Å²) < 4.78 is 4.85. The Morgan fingerprint density at radius 1 is 1.35 bits per heavy atom. The van der Waals surface area contributed by atoms with Gasteiger partial charge in [-0.05, 0) is 11.6 Å². The molecule has 0 spiro atoms. The molecule has 1 aromatic carbocycles. The van der Waals surface area contributed by atoms with E-state index in [0.717, 1.165) is 5.56 Å². The fraction of sp³-hybridized carbons (Fsp3) is 0.200. The number of rotatable bonds is 4. The molecule has 5 heteroatoms. The molecule has 1 aliphatic heterocycles. The van der Waals surface area contributed by atoms with Crippen LogP contribution in [0.3, 0.4) is 0 Å². The summed E-state index contributed by atoms with van der Waals surface area (Å²) in [5, 5.41) is 1.40. The lowest BCUT2D eigenvalue weighted by Crippen LogP contribution is -2.46. The Morgan fingerprint density at radius 3 is 2.70 bits per heavy atom. The van der Waals surface area contributed by atoms with Crippen molar-refractivity contribution < 1.29 is 14.3 Å². The Kier molecular flexibility index (Phi) is 4.20. The summed E-state index contributed by atoms with van der Waals surface area (Å²) in [5.41, 5.74) is 4.88. The fourth-order valence-corrected chi connectivity index (χ4v) is 1.90. The topological polar surface area (TPSA) is 58.6 Å². The van der Waals surface area contributed by atoms with Gasteiger partial charge in [0.05, 0.1) is 12.1 Å². The van der Waals surface area contributed by atoms with Crippen molar-refractivity contribution in [2.75, 3.05) is 13.2 Å². The summed E-state index contributed by atoms with van der Waals surface area (Å²) in [5.74, 6) is -0.539. The van der Waals surface area contributed by atoms with Crippen molar-refractivity contribution in [3.63, 3.8) is 0 Å². The van der Waals surface area contributed by atoms with Crippen molar-refractivity contribution >= 4 is 17.4 Å². The van der Waals surface area contributed by atoms with Crippen molar-refractivity contribution in [2.45, 2.75) is 6.92 Å². The highest BCUT2D eigenvalue weighted by atomic mass is 16.5. The first-order chi connectivity index (χ1) is 9.58. The van der Waals surface area contributed by atoms with Crippen molar-refractivity contribution in [1.29, 1.82) is 0 Å². The zero-order valence-electron chi connectivity index (χ0n) is 11.3. The molecule has 104 valence electrons. The van der Waals surface area contributed by atoms with Gasteiger partial charge in [0.1, 0.15) is 6.61 Å². The highest BCUT2D eigenvalue weighted by molar-refractivity contribution is 6.20. The molecule has 0 radical (unpaired) electrons. The Morgan fingerprint density at radius 2 is 2.05 bits per heavy atom. The van der Waals surface area contributed by atoms with Crippen LogP contribution >= 0.6 is 0 Å². The lowest BCUT2D eigenvalue weighted by atomic mass is 10.0. The first-order valence-corrected chi connectivity index (χ1v) is 6.26. The summed E-state index contributed by atoms with van der Waals surface area (Å²) in [7, 11) is 0. The van der Waals surface area contributed by atoms with Crippen LogP contribution in [-0.2, 0) is 14.3 Å². The Hall–Kier alpha value is -2.56. The SMILES string of the molecule is C=C1C=C(c2ccccc2)C(=O)N(CCOC(C)=O)N1. The minimum Gasteiger partial charge on any atom is -0.464 e. The van der Waals surface area contributed by atoms with Gasteiger partial charge in [0.25, 0.3) is 5.91 Å². The number of allylic oxidation sites excluding steroid dienone is 1. The molecule has 0 unspecified atom stereocenters. The number of benzene rings is 1. The first-order valence-electron chi connectivity index (χ1n) is 6.26. The van der Waals surface area contributed by atoms with E-state index < -0.39 is 0 Å². The van der Waals surface area contributed by atoms with Crippen molar-refractivity contribution in [1.82, 2.24) is 10.4 Å². The van der Waals surface area contributed by atoms with Gasteiger partial charge in [-0.2, -0.15) is 0 Å². The molecule has 1 N–H and O–H groups in total. The van der Waals surface area contributed by atoms with Gasteiger partial charge in [-0.25, -0.2) is 5.01 Å². The summed E-state index contributed by atoms with van der Waals surface area (Å²) in [6, 6.07) is 9.37. The highest BCUT2D eigenvalue weighted by Crippen LogP contribution is 2.21. The molecule has 0 atom stereocenters. The number of carbonyl (C=O) groups excluding carboxylic acids is 2. The monoisotopic (exact) mass is 272 g/mol. The number of ether oxygens (including phenoxy) is 1. The molecule has 5 nitrogen and oxygen atoms in total. The van der Waals surface area contributed by atoms with Gasteiger partial charge in [0, 0.05) is 12.6 Å². The molecule has 1 aliphatic rings. The van der Waals surface area contributed by atoms with E-state index in [0.29, 0.717) is 11.3 Å². The lowest BCUT2D eigenvalue weighted by molar-refractivity contribution is -0.143. The average molecular weight is 272 g/mol. The van der Waals surface area contributed by atoms with E-state index in [1.54, 1.807) is 6.08 Å². The van der Waals surface area contributed by atoms with Gasteiger partial charge in [-0.3, -0.25) is 15.0 Å². The molecule has 20 heavy (non-hydrogen) atoms. The number of hydrazine groups is 1. The average Bonchev–Trinajstić information content (AvgIpc) is 2.43. The summed E-state index contributed by atoms with van der Waals surface area (Å²) in [6.07, 6.45) is 1.71. The molecule has 1 amide bonds. The third-order valence-electron chi connectivity index (χ3n) is 2.78. The quantitative estimate of drug-likeness (QED) is 0.844. The third-order valence-corrected chi connectivity index (χ3v) is 2.78. The second-order valence-corrected chi connectivity index (χ2v) is 4.36. The molecular weight excluding hydrogens is 256 g/mol. The largest absolute Gasteiger partial charge is 0.464 e. The van der Waals surface area contributed by atoms with Crippen LogP contribution in [0, 0.1) is 0 Å². The predicted molar refractivity (Wildman–Crippen MR) is 75.0 cm³/mol. The lowest BCUT2D eigenvalue weighted by Gasteiger charge is -2.29. The van der Waals surface area contributed by atoms with E-state index in [2.05, 4.69) is 12.0 Å². The third kappa shape index (κ3) is 3.26. The van der Waals surface area contributed by atoms with Crippen LogP contribution in [0.5, 0.6) is 0 Å². The van der Waals surface area contributed by atoms with Gasteiger partial charge in [-0.15, -0.1) is 0 Å². The molecule has 0 fully saturated rings. The number of amides is 1. The first kappa shape index (κ1) is 13.9. The van der Waals surface area contributed by atoms with E-state index in [1.807, 2.05) is 30.3 Å². The number of hydrogen-bond donors (Lipinski definition) is 1. The molecule has 0 saturated heterocycles. The van der Waals surface area contributed by atoms with Gasteiger partial charge in [0.15, 0.2) is 0 Å². The number of esters is 1. The highest BCUT2D eigenvalue weighted by Gasteiger charge is 2.24. The molecular formula is C15H16N2O3. The summed E-state index contributed by atoms with van der Waals surface area (Å²) in [6.45, 7) is 5.57. The molecule has 1 aromatic rings. The van der Waals surface area contributed by atoms with Gasteiger partial charge >= 0.3 is 5.97 Å². The van der Waals surface area contributed by atoms with Crippen LogP contribution < -0.4 is 5.43 Å². The van der Waals surface area contributed by atoms with Crippen LogP contribution in [0.4, 0.5) is 0 Å². The second kappa shape index (κ2) is 6.06. The van der Waals surface area contributed by atoms with E-state index in [4.69, 9.17) is 4.74 Å². The molecule has 0 bridgehead atoms. The van der Waals surface area contributed by atoms with E-state index >= 15 is 0 Å². The Labute approximate surface area is 117 Å². The minimum atomic E-state index is -0.368. The second-order valence-electron chi connectivity index (χ2n) is 4.36. The Bertz CT molecular complexity index is 564. The maximum absolute atomic E-state index is 12.4. The van der Waals surface area contributed by atoms with Crippen LogP contribution in [0.1, 0.15) is 12.5 Å². The van der Waals surface area contributed by atoms with E-state index in [-0.39, 0.29) is 25.0 Å². The van der Waals surface area contributed by atoms with Crippen molar-refractivity contribution in [3.05, 3.63) is 54.2 Å². The summed E-state index contributed by atoms with van der Waals surface area (Å²) in [4.78, 5) is 23.1. The van der Waals surface area contributed by atoms with E-state index in [9.17, 15) is 9.59 Å². The van der Waals surface area contributed by atoms with Crippen molar-refractivity contribution in [2.24, 2.45) is 0 Å². The smallest absolute Gasteiger partial charge is 0.302 e. The molecule has 0 saturated carbocycles. The predicted octanol–water partition coefficient (Wildman–Crippen LogP) is 1.49. The van der Waals surface area contributed by atoms with Gasteiger partial charge in [-0.1, -0.05) is 36.9 Å². The van der Waals surface area contributed by atoms with Gasteiger partial charge in [0.2, 0.25) is 0 Å². The minimum absolute atomic E-state index is 0.142. The number of nitrogens with zero attached hydrogens (tertiary/aromatic N) is 1. The van der Waals surface area contributed by atoms with E-state index in [1.165, 1.54) is 11.9 Å². The number of carbonyl (C=O) groups is 2. The molecule has 0 aliphatic carbocycles. The van der Waals surface area contributed by atoms with Crippen LogP contribution in [0.15, 0.2) is 48.7 Å². The number of hydrogen-bond acceptors (Lipinski definition) is 4. The zero-order valence-corrected chi connectivity index (χ0v) is 11.3. The normalized spacial score (nSPS) is 14.7. The van der Waals surface area contributed by atoms with Gasteiger partial charge < -0.3 is 4.74 Å². The molecule has 2 rings (SSSR count). The van der Waals surface area contributed by atoms with Crippen LogP contribution in [0.25, 0.3) is 5.57 Å². The van der Waals surface area contributed by atoms with Crippen molar-refractivity contribution in [3.8, 4) is 0 Å². The van der Waals surface area contributed by atoms with Crippen LogP contribution in [-0.4, -0.2) is 30.0 Å². The maximum Gasteiger partial charge on any atom is 0.302 e. The standard InChI is InChI=1S/C15H16N2O3/c1-11-10-14(13-6-4-3-5-7-13)15(19)17(16-11)8-9-20-12(2)18/h3-7,10,16H,1,8-9H2,2H3. The molecule has 1 heterocycles. The Balaban J connectivity index is 2.12. The van der Waals surface area contributed by atoms with Crippen LogP contribution in [0.2, 0.25) is 0 Å².